The first-order chi connectivity index (χ1) is 11.2. The van der Waals surface area contributed by atoms with Gasteiger partial charge in [0.15, 0.2) is 0 Å². The van der Waals surface area contributed by atoms with Crippen LogP contribution in [0.3, 0.4) is 0 Å². The zero-order chi connectivity index (χ0) is 16.1. The number of ether oxygens (including phenoxy) is 1. The Balaban J connectivity index is 1.47. The minimum atomic E-state index is -0.461. The number of para-hydroxylation sites is 1. The molecule has 128 valence electrons. The Morgan fingerprint density at radius 2 is 1.91 bits per heavy atom. The van der Waals surface area contributed by atoms with E-state index in [1.54, 1.807) is 0 Å². The number of hydrogen-bond donors (Lipinski definition) is 2. The minimum absolute atomic E-state index is 0.187. The Labute approximate surface area is 142 Å². The first-order valence-corrected chi connectivity index (χ1v) is 9.45. The van der Waals surface area contributed by atoms with Crippen molar-refractivity contribution in [3.63, 3.8) is 0 Å². The zero-order valence-electron chi connectivity index (χ0n) is 13.4. The molecule has 23 heavy (non-hydrogen) atoms. The highest BCUT2D eigenvalue weighted by Gasteiger charge is 2.25. The maximum atomic E-state index is 10.2. The second-order valence-electron chi connectivity index (χ2n) is 6.33. The fourth-order valence-corrected chi connectivity index (χ4v) is 3.99. The molecule has 5 nitrogen and oxygen atoms in total. The fraction of sp³-hybridized carbons (Fsp3) is 0.647. The Bertz CT molecular complexity index is 490. The van der Waals surface area contributed by atoms with Gasteiger partial charge in [-0.2, -0.15) is 11.8 Å². The molecule has 1 atom stereocenters. The van der Waals surface area contributed by atoms with E-state index < -0.39 is 6.10 Å². The van der Waals surface area contributed by atoms with Crippen molar-refractivity contribution in [1.82, 2.24) is 9.80 Å². The van der Waals surface area contributed by atoms with Crippen LogP contribution in [0.2, 0.25) is 0 Å². The molecule has 0 amide bonds. The summed E-state index contributed by atoms with van der Waals surface area (Å²) < 4.78 is 5.87. The molecule has 0 aliphatic carbocycles. The summed E-state index contributed by atoms with van der Waals surface area (Å²) in [5.41, 5.74) is 1.11. The zero-order valence-corrected chi connectivity index (χ0v) is 14.2. The van der Waals surface area contributed by atoms with Gasteiger partial charge in [-0.3, -0.25) is 9.80 Å². The number of aliphatic hydroxyl groups is 2. The topological polar surface area (TPSA) is 56.2 Å². The maximum Gasteiger partial charge on any atom is 0.123 e. The van der Waals surface area contributed by atoms with Crippen LogP contribution < -0.4 is 4.74 Å². The van der Waals surface area contributed by atoms with Crippen LogP contribution >= 0.6 is 11.8 Å². The molecule has 2 aliphatic rings. The van der Waals surface area contributed by atoms with Crippen molar-refractivity contribution in [3.05, 3.63) is 29.8 Å². The molecule has 0 radical (unpaired) electrons. The molecule has 1 aromatic carbocycles. The Kier molecular flexibility index (Phi) is 6.19. The molecule has 2 saturated heterocycles. The van der Waals surface area contributed by atoms with Crippen molar-refractivity contribution in [2.75, 3.05) is 50.8 Å². The quantitative estimate of drug-likeness (QED) is 0.761. The summed E-state index contributed by atoms with van der Waals surface area (Å²) in [4.78, 5) is 4.49. The molecule has 2 aliphatic heterocycles. The molecular formula is C17H26N2O3S. The minimum Gasteiger partial charge on any atom is -0.491 e. The number of β-amino-alcohol motifs (C(OH)–C–C–N with tert-alkyl or cyclic N) is 2. The van der Waals surface area contributed by atoms with Gasteiger partial charge in [-0.1, -0.05) is 18.2 Å². The Morgan fingerprint density at radius 3 is 2.65 bits per heavy atom. The highest BCUT2D eigenvalue weighted by atomic mass is 32.2. The van der Waals surface area contributed by atoms with E-state index in [4.69, 9.17) is 4.74 Å². The van der Waals surface area contributed by atoms with Crippen molar-refractivity contribution in [2.45, 2.75) is 18.8 Å². The van der Waals surface area contributed by atoms with Gasteiger partial charge in [-0.25, -0.2) is 0 Å². The third kappa shape index (κ3) is 5.09. The third-order valence-electron chi connectivity index (χ3n) is 4.31. The van der Waals surface area contributed by atoms with Crippen LogP contribution in [0.4, 0.5) is 0 Å². The van der Waals surface area contributed by atoms with Crippen LogP contribution in [-0.4, -0.2) is 83.1 Å². The van der Waals surface area contributed by atoms with E-state index in [-0.39, 0.29) is 6.10 Å². The molecule has 6 heteroatoms. The normalized spacial score (nSPS) is 21.8. The van der Waals surface area contributed by atoms with Crippen LogP contribution in [0.15, 0.2) is 24.3 Å². The molecule has 3 rings (SSSR count). The van der Waals surface area contributed by atoms with Crippen molar-refractivity contribution in [2.24, 2.45) is 0 Å². The van der Waals surface area contributed by atoms with Gasteiger partial charge in [0.05, 0.1) is 6.10 Å². The fourth-order valence-electron chi connectivity index (χ4n) is 3.01. The van der Waals surface area contributed by atoms with Crippen molar-refractivity contribution >= 4 is 11.8 Å². The summed E-state index contributed by atoms with van der Waals surface area (Å²) in [5, 5.41) is 19.6. The van der Waals surface area contributed by atoms with Gasteiger partial charge in [-0.05, 0) is 6.07 Å². The summed E-state index contributed by atoms with van der Waals surface area (Å²) in [6, 6.07) is 7.96. The second kappa shape index (κ2) is 8.35. The van der Waals surface area contributed by atoms with E-state index in [1.807, 2.05) is 36.0 Å². The highest BCUT2D eigenvalue weighted by molar-refractivity contribution is 7.99. The van der Waals surface area contributed by atoms with E-state index in [9.17, 15) is 10.2 Å². The van der Waals surface area contributed by atoms with E-state index in [0.717, 1.165) is 55.5 Å². The first-order valence-electron chi connectivity index (χ1n) is 8.30. The smallest absolute Gasteiger partial charge is 0.123 e. The molecule has 0 saturated carbocycles. The number of thioether (sulfide) groups is 1. The van der Waals surface area contributed by atoms with Crippen molar-refractivity contribution in [3.8, 4) is 5.75 Å². The Hall–Kier alpha value is -0.790. The molecule has 0 spiro atoms. The standard InChI is InChI=1S/C17H26N2O3S/c20-15-10-19(11-15)9-14-3-1-2-4-17(14)22-13-16(21)12-18-5-7-23-8-6-18/h1-4,15-16,20-21H,5-13H2/t16-/m1/s1. The van der Waals surface area contributed by atoms with Gasteiger partial charge >= 0.3 is 0 Å². The number of likely N-dealkylation sites (tertiary alicyclic amines) is 1. The van der Waals surface area contributed by atoms with E-state index in [1.165, 1.54) is 0 Å². The Morgan fingerprint density at radius 1 is 1.17 bits per heavy atom. The first kappa shape index (κ1) is 17.0. The van der Waals surface area contributed by atoms with Crippen LogP contribution in [-0.2, 0) is 6.54 Å². The lowest BCUT2D eigenvalue weighted by molar-refractivity contribution is -0.00355. The predicted molar refractivity (Wildman–Crippen MR) is 93.0 cm³/mol. The van der Waals surface area contributed by atoms with E-state index in [0.29, 0.717) is 13.2 Å². The van der Waals surface area contributed by atoms with Gasteiger partial charge in [0.1, 0.15) is 18.5 Å². The van der Waals surface area contributed by atoms with Crippen LogP contribution in [0.5, 0.6) is 5.75 Å². The molecule has 2 fully saturated rings. The van der Waals surface area contributed by atoms with Crippen molar-refractivity contribution < 1.29 is 14.9 Å². The summed E-state index contributed by atoms with van der Waals surface area (Å²) in [5.74, 6) is 3.14. The van der Waals surface area contributed by atoms with Gasteiger partial charge < -0.3 is 14.9 Å². The molecule has 0 aromatic heterocycles. The summed E-state index contributed by atoms with van der Waals surface area (Å²) in [6.45, 7) is 5.34. The number of hydrogen-bond acceptors (Lipinski definition) is 6. The molecule has 1 aromatic rings. The lowest BCUT2D eigenvalue weighted by Gasteiger charge is -2.36. The largest absolute Gasteiger partial charge is 0.491 e. The number of benzene rings is 1. The molecule has 0 bridgehead atoms. The lowest BCUT2D eigenvalue weighted by atomic mass is 10.1. The van der Waals surface area contributed by atoms with E-state index >= 15 is 0 Å². The average Bonchev–Trinajstić information content (AvgIpc) is 2.53. The predicted octanol–water partition coefficient (Wildman–Crippen LogP) is 0.652. The monoisotopic (exact) mass is 338 g/mol. The molecular weight excluding hydrogens is 312 g/mol. The van der Waals surface area contributed by atoms with Crippen LogP contribution in [0, 0.1) is 0 Å². The number of nitrogens with zero attached hydrogens (tertiary/aromatic N) is 2. The second-order valence-corrected chi connectivity index (χ2v) is 7.56. The van der Waals surface area contributed by atoms with Gasteiger partial charge in [0.2, 0.25) is 0 Å². The van der Waals surface area contributed by atoms with Gasteiger partial charge in [-0.15, -0.1) is 0 Å². The number of aliphatic hydroxyl groups excluding tert-OH is 2. The lowest BCUT2D eigenvalue weighted by Crippen LogP contribution is -2.49. The molecule has 2 N–H and O–H groups in total. The highest BCUT2D eigenvalue weighted by Crippen LogP contribution is 2.22. The van der Waals surface area contributed by atoms with E-state index in [2.05, 4.69) is 9.80 Å². The summed E-state index contributed by atoms with van der Waals surface area (Å²) >= 11 is 1.97. The SMILES string of the molecule is OC1CN(Cc2ccccc2OC[C@H](O)CN2CCSCC2)C1. The maximum absolute atomic E-state index is 10.2. The summed E-state index contributed by atoms with van der Waals surface area (Å²) in [7, 11) is 0. The van der Waals surface area contributed by atoms with Crippen LogP contribution in [0.25, 0.3) is 0 Å². The summed E-state index contributed by atoms with van der Waals surface area (Å²) in [6.07, 6.45) is -0.649. The molecule has 0 unspecified atom stereocenters. The van der Waals surface area contributed by atoms with Gasteiger partial charge in [0.25, 0.3) is 0 Å². The number of rotatable bonds is 7. The van der Waals surface area contributed by atoms with Gasteiger partial charge in [0, 0.05) is 56.3 Å². The average molecular weight is 338 g/mol. The molecule has 2 heterocycles. The third-order valence-corrected chi connectivity index (χ3v) is 5.25. The van der Waals surface area contributed by atoms with Crippen molar-refractivity contribution in [1.29, 1.82) is 0 Å². The van der Waals surface area contributed by atoms with Crippen LogP contribution in [0.1, 0.15) is 5.56 Å².